The van der Waals surface area contributed by atoms with Gasteiger partial charge in [0.2, 0.25) is 5.88 Å². The SMILES string of the molecule is Cc1cnc(C)c(OC2CCN(Cc3nncn3C)CC2)n1. The van der Waals surface area contributed by atoms with Crippen LogP contribution >= 0.6 is 0 Å². The van der Waals surface area contributed by atoms with E-state index in [0.29, 0.717) is 5.88 Å². The van der Waals surface area contributed by atoms with Crippen LogP contribution in [-0.4, -0.2) is 48.8 Å². The minimum atomic E-state index is 0.213. The van der Waals surface area contributed by atoms with E-state index in [4.69, 9.17) is 4.74 Å². The Hall–Kier alpha value is -2.02. The Morgan fingerprint density at radius 1 is 1.27 bits per heavy atom. The second-order valence-corrected chi connectivity index (χ2v) is 5.85. The molecule has 2 aromatic rings. The molecule has 0 radical (unpaired) electrons. The summed E-state index contributed by atoms with van der Waals surface area (Å²) in [5.74, 6) is 1.67. The lowest BCUT2D eigenvalue weighted by Crippen LogP contribution is -2.38. The molecular formula is C15H22N6O. The fraction of sp³-hybridized carbons (Fsp3) is 0.600. The number of hydrogen-bond donors (Lipinski definition) is 0. The third-order valence-electron chi connectivity index (χ3n) is 4.02. The van der Waals surface area contributed by atoms with Crippen molar-refractivity contribution in [2.45, 2.75) is 39.3 Å². The van der Waals surface area contributed by atoms with Crippen molar-refractivity contribution < 1.29 is 4.74 Å². The zero-order valence-electron chi connectivity index (χ0n) is 13.4. The standard InChI is InChI=1S/C15H22N6O/c1-11-8-16-12(2)15(18-11)22-13-4-6-21(7-5-13)9-14-19-17-10-20(14)3/h8,10,13H,4-7,9H2,1-3H3. The predicted octanol–water partition coefficient (Wildman–Crippen LogP) is 1.27. The van der Waals surface area contributed by atoms with Crippen LogP contribution in [-0.2, 0) is 13.6 Å². The van der Waals surface area contributed by atoms with Gasteiger partial charge in [0, 0.05) is 26.3 Å². The molecule has 0 saturated carbocycles. The number of rotatable bonds is 4. The third kappa shape index (κ3) is 3.41. The molecule has 0 aromatic carbocycles. The normalized spacial score (nSPS) is 16.9. The molecule has 0 atom stereocenters. The van der Waals surface area contributed by atoms with E-state index in [1.165, 1.54) is 0 Å². The molecule has 0 unspecified atom stereocenters. The maximum Gasteiger partial charge on any atom is 0.235 e. The van der Waals surface area contributed by atoms with E-state index >= 15 is 0 Å². The van der Waals surface area contributed by atoms with Crippen LogP contribution in [0.3, 0.4) is 0 Å². The molecule has 118 valence electrons. The van der Waals surface area contributed by atoms with Crippen molar-refractivity contribution >= 4 is 0 Å². The van der Waals surface area contributed by atoms with E-state index in [2.05, 4.69) is 25.1 Å². The lowest BCUT2D eigenvalue weighted by Gasteiger charge is -2.31. The topological polar surface area (TPSA) is 69.0 Å². The molecular weight excluding hydrogens is 280 g/mol. The number of likely N-dealkylation sites (tertiary alicyclic amines) is 1. The highest BCUT2D eigenvalue weighted by Crippen LogP contribution is 2.20. The minimum absolute atomic E-state index is 0.213. The molecule has 1 aliphatic heterocycles. The number of aromatic nitrogens is 5. The van der Waals surface area contributed by atoms with Crippen molar-refractivity contribution in [2.24, 2.45) is 7.05 Å². The zero-order valence-corrected chi connectivity index (χ0v) is 13.4. The molecule has 0 spiro atoms. The first-order chi connectivity index (χ1) is 10.6. The van der Waals surface area contributed by atoms with Gasteiger partial charge in [0.05, 0.1) is 17.9 Å². The van der Waals surface area contributed by atoms with Crippen LogP contribution in [0.15, 0.2) is 12.5 Å². The van der Waals surface area contributed by atoms with Gasteiger partial charge in [0.1, 0.15) is 18.3 Å². The zero-order chi connectivity index (χ0) is 15.5. The highest BCUT2D eigenvalue weighted by molar-refractivity contribution is 5.18. The van der Waals surface area contributed by atoms with Gasteiger partial charge in [-0.05, 0) is 26.7 Å². The van der Waals surface area contributed by atoms with Gasteiger partial charge >= 0.3 is 0 Å². The summed E-state index contributed by atoms with van der Waals surface area (Å²) in [6, 6.07) is 0. The molecule has 1 aliphatic rings. The first kappa shape index (κ1) is 14.9. The van der Waals surface area contributed by atoms with Crippen molar-refractivity contribution in [1.82, 2.24) is 29.6 Å². The Morgan fingerprint density at radius 3 is 2.73 bits per heavy atom. The van der Waals surface area contributed by atoms with Crippen LogP contribution in [0.25, 0.3) is 0 Å². The van der Waals surface area contributed by atoms with Crippen molar-refractivity contribution in [3.05, 3.63) is 29.7 Å². The molecule has 0 N–H and O–H groups in total. The molecule has 3 heterocycles. The molecule has 7 nitrogen and oxygen atoms in total. The van der Waals surface area contributed by atoms with Crippen LogP contribution in [0.2, 0.25) is 0 Å². The van der Waals surface area contributed by atoms with E-state index in [1.807, 2.05) is 25.5 Å². The Bertz CT molecular complexity index is 633. The smallest absolute Gasteiger partial charge is 0.235 e. The van der Waals surface area contributed by atoms with Gasteiger partial charge in [-0.3, -0.25) is 9.88 Å². The predicted molar refractivity (Wildman–Crippen MR) is 81.4 cm³/mol. The van der Waals surface area contributed by atoms with Gasteiger partial charge in [-0.1, -0.05) is 0 Å². The summed E-state index contributed by atoms with van der Waals surface area (Å²) in [5, 5.41) is 8.06. The summed E-state index contributed by atoms with van der Waals surface area (Å²) in [4.78, 5) is 11.1. The van der Waals surface area contributed by atoms with E-state index in [-0.39, 0.29) is 6.10 Å². The number of aryl methyl sites for hydroxylation is 3. The van der Waals surface area contributed by atoms with E-state index in [9.17, 15) is 0 Å². The number of hydrogen-bond acceptors (Lipinski definition) is 6. The van der Waals surface area contributed by atoms with Crippen LogP contribution < -0.4 is 4.74 Å². The minimum Gasteiger partial charge on any atom is -0.473 e. The largest absolute Gasteiger partial charge is 0.473 e. The van der Waals surface area contributed by atoms with Crippen LogP contribution in [0.5, 0.6) is 5.88 Å². The van der Waals surface area contributed by atoms with Crippen LogP contribution in [0.1, 0.15) is 30.1 Å². The van der Waals surface area contributed by atoms with Gasteiger partial charge < -0.3 is 9.30 Å². The monoisotopic (exact) mass is 302 g/mol. The number of nitrogens with zero attached hydrogens (tertiary/aromatic N) is 6. The third-order valence-corrected chi connectivity index (χ3v) is 4.02. The average Bonchev–Trinajstić information content (AvgIpc) is 2.90. The lowest BCUT2D eigenvalue weighted by molar-refractivity contribution is 0.0902. The summed E-state index contributed by atoms with van der Waals surface area (Å²) in [6.45, 7) is 6.70. The highest BCUT2D eigenvalue weighted by atomic mass is 16.5. The van der Waals surface area contributed by atoms with Crippen molar-refractivity contribution in [3.8, 4) is 5.88 Å². The Morgan fingerprint density at radius 2 is 2.05 bits per heavy atom. The van der Waals surface area contributed by atoms with Gasteiger partial charge in [-0.25, -0.2) is 4.98 Å². The van der Waals surface area contributed by atoms with E-state index in [0.717, 1.165) is 49.7 Å². The maximum atomic E-state index is 6.04. The molecule has 1 fully saturated rings. The Labute approximate surface area is 130 Å². The molecule has 0 amide bonds. The van der Waals surface area contributed by atoms with Crippen LogP contribution in [0.4, 0.5) is 0 Å². The number of piperidine rings is 1. The quantitative estimate of drug-likeness (QED) is 0.847. The van der Waals surface area contributed by atoms with Crippen molar-refractivity contribution in [2.75, 3.05) is 13.1 Å². The fourth-order valence-electron chi connectivity index (χ4n) is 2.62. The van der Waals surface area contributed by atoms with Crippen molar-refractivity contribution in [1.29, 1.82) is 0 Å². The van der Waals surface area contributed by atoms with Gasteiger partial charge in [0.15, 0.2) is 0 Å². The summed E-state index contributed by atoms with van der Waals surface area (Å²) < 4.78 is 8.01. The van der Waals surface area contributed by atoms with Gasteiger partial charge in [0.25, 0.3) is 0 Å². The fourth-order valence-corrected chi connectivity index (χ4v) is 2.62. The van der Waals surface area contributed by atoms with Gasteiger partial charge in [-0.15, -0.1) is 10.2 Å². The Balaban J connectivity index is 1.53. The molecule has 0 bridgehead atoms. The lowest BCUT2D eigenvalue weighted by atomic mass is 10.1. The molecule has 3 rings (SSSR count). The van der Waals surface area contributed by atoms with E-state index in [1.54, 1.807) is 12.5 Å². The second-order valence-electron chi connectivity index (χ2n) is 5.85. The van der Waals surface area contributed by atoms with Crippen molar-refractivity contribution in [3.63, 3.8) is 0 Å². The first-order valence-corrected chi connectivity index (χ1v) is 7.64. The summed E-state index contributed by atoms with van der Waals surface area (Å²) in [6.07, 6.45) is 5.71. The molecule has 7 heteroatoms. The molecule has 22 heavy (non-hydrogen) atoms. The van der Waals surface area contributed by atoms with E-state index < -0.39 is 0 Å². The summed E-state index contributed by atoms with van der Waals surface area (Å²) in [7, 11) is 1.98. The molecule has 0 aliphatic carbocycles. The Kier molecular flexibility index (Phi) is 4.33. The van der Waals surface area contributed by atoms with Gasteiger partial charge in [-0.2, -0.15) is 0 Å². The van der Waals surface area contributed by atoms with Crippen LogP contribution in [0, 0.1) is 13.8 Å². The molecule has 2 aromatic heterocycles. The second kappa shape index (κ2) is 6.39. The number of ether oxygens (including phenoxy) is 1. The average molecular weight is 302 g/mol. The molecule has 1 saturated heterocycles. The summed E-state index contributed by atoms with van der Waals surface area (Å²) >= 11 is 0. The summed E-state index contributed by atoms with van der Waals surface area (Å²) in [5.41, 5.74) is 1.74. The highest BCUT2D eigenvalue weighted by Gasteiger charge is 2.22. The maximum absolute atomic E-state index is 6.04. The first-order valence-electron chi connectivity index (χ1n) is 7.64.